The Bertz CT molecular complexity index is 2060. The molecule has 0 radical (unpaired) electrons. The van der Waals surface area contributed by atoms with Gasteiger partial charge in [-0.05, 0) is 36.6 Å². The van der Waals surface area contributed by atoms with Gasteiger partial charge in [-0.2, -0.15) is 0 Å². The summed E-state index contributed by atoms with van der Waals surface area (Å²) in [5, 5.41) is 3.24. The second-order valence-corrected chi connectivity index (χ2v) is 12.4. The van der Waals surface area contributed by atoms with Crippen LogP contribution in [0, 0.1) is 5.92 Å². The number of carbonyl (C=O) groups excluding carboxylic acids is 2. The van der Waals surface area contributed by atoms with Crippen molar-refractivity contribution in [2.45, 2.75) is 31.8 Å². The zero-order valence-corrected chi connectivity index (χ0v) is 27.8. The van der Waals surface area contributed by atoms with E-state index in [-0.39, 0.29) is 57.8 Å². The maximum Gasteiger partial charge on any atom is 0.332 e. The van der Waals surface area contributed by atoms with Gasteiger partial charge in [0.1, 0.15) is 34.5 Å². The highest BCUT2D eigenvalue weighted by Crippen LogP contribution is 2.56. The van der Waals surface area contributed by atoms with E-state index in [0.717, 1.165) is 10.1 Å². The topological polar surface area (TPSA) is 136 Å². The predicted octanol–water partition coefficient (Wildman–Crippen LogP) is 4.15. The van der Waals surface area contributed by atoms with Gasteiger partial charge in [-0.25, -0.2) is 4.79 Å². The summed E-state index contributed by atoms with van der Waals surface area (Å²) in [7, 11) is 7.22. The molecule has 6 rings (SSSR count). The second-order valence-electron chi connectivity index (χ2n) is 12.0. The zero-order valence-electron chi connectivity index (χ0n) is 27.0. The van der Waals surface area contributed by atoms with Crippen LogP contribution in [0.15, 0.2) is 57.3 Å². The minimum atomic E-state index is -2.03. The molecule has 47 heavy (non-hydrogen) atoms. The summed E-state index contributed by atoms with van der Waals surface area (Å²) in [5.74, 6) is -1.65. The van der Waals surface area contributed by atoms with Crippen molar-refractivity contribution < 1.29 is 33.3 Å². The lowest BCUT2D eigenvalue weighted by Gasteiger charge is -2.42. The van der Waals surface area contributed by atoms with Crippen LogP contribution in [0.5, 0.6) is 28.7 Å². The number of nitrogens with zero attached hydrogens (tertiary/aromatic N) is 2. The number of fused-ring (bicyclic) bond motifs is 2. The van der Waals surface area contributed by atoms with Gasteiger partial charge in [0.25, 0.3) is 5.56 Å². The van der Waals surface area contributed by atoms with Crippen LogP contribution in [0.3, 0.4) is 0 Å². The number of benzene rings is 2. The van der Waals surface area contributed by atoms with E-state index in [1.165, 1.54) is 39.0 Å². The van der Waals surface area contributed by atoms with Crippen molar-refractivity contribution in [3.8, 4) is 28.7 Å². The summed E-state index contributed by atoms with van der Waals surface area (Å²) in [4.78, 5) is 56.6. The minimum Gasteiger partial charge on any atom is -0.496 e. The van der Waals surface area contributed by atoms with Gasteiger partial charge >= 0.3 is 5.69 Å². The fourth-order valence-electron chi connectivity index (χ4n) is 6.71. The van der Waals surface area contributed by atoms with E-state index in [2.05, 4.69) is 11.9 Å². The van der Waals surface area contributed by atoms with Crippen molar-refractivity contribution in [3.63, 3.8) is 0 Å². The number of halogens is 1. The van der Waals surface area contributed by atoms with Crippen LogP contribution in [0.4, 0.5) is 5.82 Å². The Morgan fingerprint density at radius 3 is 2.32 bits per heavy atom. The lowest BCUT2D eigenvalue weighted by atomic mass is 9.66. The third-order valence-electron chi connectivity index (χ3n) is 9.07. The van der Waals surface area contributed by atoms with Gasteiger partial charge in [0.2, 0.25) is 17.2 Å². The Balaban J connectivity index is 1.61. The fraction of sp³-hybridized carbons (Fsp3) is 0.353. The number of ether oxygens (including phenoxy) is 5. The first-order valence-corrected chi connectivity index (χ1v) is 15.2. The molecular weight excluding hydrogens is 630 g/mol. The SMILES string of the molecule is C=C(C)COc1cc(C2C3=C(CC(C)C4(Oc5c(Cl)c(OC)cc(OC)c5C4=O)C3=O)Nc3c2c(=O)n(C)c(=O)n3C)ccc1OC. The van der Waals surface area contributed by atoms with Gasteiger partial charge in [0.05, 0.1) is 26.9 Å². The number of methoxy groups -OCH3 is 3. The first kappa shape index (κ1) is 32.0. The molecule has 3 aliphatic rings. The van der Waals surface area contributed by atoms with Gasteiger partial charge < -0.3 is 29.0 Å². The molecule has 246 valence electrons. The number of rotatable bonds is 7. The molecule has 3 aromatic rings. The van der Waals surface area contributed by atoms with E-state index in [0.29, 0.717) is 22.8 Å². The monoisotopic (exact) mass is 663 g/mol. The summed E-state index contributed by atoms with van der Waals surface area (Å²) in [5.41, 5.74) is -1.15. The molecular formula is C34H34ClN3O9. The lowest BCUT2D eigenvalue weighted by Crippen LogP contribution is -2.58. The predicted molar refractivity (Wildman–Crippen MR) is 174 cm³/mol. The first-order chi connectivity index (χ1) is 22.3. The Hall–Kier alpha value is -4.97. The molecule has 2 aromatic carbocycles. The van der Waals surface area contributed by atoms with Crippen molar-refractivity contribution in [2.75, 3.05) is 33.3 Å². The van der Waals surface area contributed by atoms with Crippen LogP contribution in [0.1, 0.15) is 47.7 Å². The molecule has 0 fully saturated rings. The molecule has 0 amide bonds. The molecule has 0 saturated heterocycles. The quantitative estimate of drug-likeness (QED) is 0.290. The van der Waals surface area contributed by atoms with Gasteiger partial charge in [0, 0.05) is 43.3 Å². The number of hydrogen-bond acceptors (Lipinski definition) is 10. The number of anilines is 1. The van der Waals surface area contributed by atoms with E-state index in [4.69, 9.17) is 35.3 Å². The molecule has 13 heteroatoms. The van der Waals surface area contributed by atoms with Gasteiger partial charge in [-0.3, -0.25) is 23.5 Å². The largest absolute Gasteiger partial charge is 0.496 e. The molecule has 1 aromatic heterocycles. The number of nitrogens with one attached hydrogen (secondary N) is 1. The van der Waals surface area contributed by atoms with E-state index in [1.807, 2.05) is 6.92 Å². The summed E-state index contributed by atoms with van der Waals surface area (Å²) in [6, 6.07) is 6.55. The molecule has 12 nitrogen and oxygen atoms in total. The molecule has 1 spiro atoms. The Labute approximate surface area is 275 Å². The summed E-state index contributed by atoms with van der Waals surface area (Å²) >= 11 is 6.64. The van der Waals surface area contributed by atoms with Crippen molar-refractivity contribution >= 4 is 29.0 Å². The summed E-state index contributed by atoms with van der Waals surface area (Å²) in [6.45, 7) is 7.64. The molecule has 0 bridgehead atoms. The standard InChI is InChI=1S/C34H34ClN3O9/c1-15(2)14-46-20-12-17(9-10-19(20)43-6)23-24-18(36-31-26(23)32(41)38(5)33(42)37(31)4)11-16(3)34(29(24)39)30(40)25-21(44-7)13-22(45-8)27(35)28(25)47-34/h9-10,12-13,16,23,36H,1,11,14H2,2-8H3. The van der Waals surface area contributed by atoms with E-state index < -0.39 is 40.3 Å². The van der Waals surface area contributed by atoms with Crippen molar-refractivity contribution in [1.82, 2.24) is 9.13 Å². The fourth-order valence-corrected chi connectivity index (χ4v) is 6.97. The molecule has 2 aliphatic heterocycles. The summed E-state index contributed by atoms with van der Waals surface area (Å²) < 4.78 is 31.1. The smallest absolute Gasteiger partial charge is 0.332 e. The minimum absolute atomic E-state index is 0.0175. The Morgan fingerprint density at radius 1 is 1.00 bits per heavy atom. The number of carbonyl (C=O) groups is 2. The van der Waals surface area contributed by atoms with Crippen LogP contribution in [0.25, 0.3) is 0 Å². The van der Waals surface area contributed by atoms with Crippen molar-refractivity contribution in [3.05, 3.63) is 90.2 Å². The van der Waals surface area contributed by atoms with Crippen molar-refractivity contribution in [1.29, 1.82) is 0 Å². The third kappa shape index (κ3) is 4.49. The molecule has 3 unspecified atom stereocenters. The number of ketones is 2. The first-order valence-electron chi connectivity index (χ1n) is 14.8. The molecule has 3 atom stereocenters. The van der Waals surface area contributed by atoms with E-state index >= 15 is 4.79 Å². The number of aromatic nitrogens is 2. The van der Waals surface area contributed by atoms with Crippen LogP contribution < -0.4 is 40.3 Å². The third-order valence-corrected chi connectivity index (χ3v) is 9.43. The average molecular weight is 664 g/mol. The Kier molecular flexibility index (Phi) is 7.74. The highest BCUT2D eigenvalue weighted by Gasteiger charge is 2.63. The molecule has 3 heterocycles. The number of Topliss-reactive ketones (excluding diaryl/α,β-unsaturated/α-hetero) is 2. The van der Waals surface area contributed by atoms with Crippen LogP contribution in [-0.4, -0.2) is 54.2 Å². The van der Waals surface area contributed by atoms with Crippen LogP contribution >= 0.6 is 11.6 Å². The van der Waals surface area contributed by atoms with Gasteiger partial charge in [-0.1, -0.05) is 31.2 Å². The lowest BCUT2D eigenvalue weighted by molar-refractivity contribution is -0.130. The molecule has 0 saturated carbocycles. The zero-order chi connectivity index (χ0) is 34.1. The van der Waals surface area contributed by atoms with E-state index in [1.54, 1.807) is 32.2 Å². The normalized spacial score (nSPS) is 21.0. The van der Waals surface area contributed by atoms with Gasteiger partial charge in [0.15, 0.2) is 17.2 Å². The van der Waals surface area contributed by atoms with Gasteiger partial charge in [-0.15, -0.1) is 0 Å². The maximum absolute atomic E-state index is 15.1. The highest BCUT2D eigenvalue weighted by atomic mass is 35.5. The van der Waals surface area contributed by atoms with Crippen LogP contribution in [0.2, 0.25) is 5.02 Å². The maximum atomic E-state index is 15.1. The highest BCUT2D eigenvalue weighted by molar-refractivity contribution is 6.36. The Morgan fingerprint density at radius 2 is 1.68 bits per heavy atom. The second kappa shape index (κ2) is 11.4. The van der Waals surface area contributed by atoms with Crippen molar-refractivity contribution in [2.24, 2.45) is 20.0 Å². The molecule has 1 aliphatic carbocycles. The molecule has 1 N–H and O–H groups in total. The average Bonchev–Trinajstić information content (AvgIpc) is 3.38. The van der Waals surface area contributed by atoms with Crippen LogP contribution in [-0.2, 0) is 18.9 Å². The number of allylic oxidation sites excluding steroid dienone is 1. The summed E-state index contributed by atoms with van der Waals surface area (Å²) in [6.07, 6.45) is 0.159. The number of hydrogen-bond donors (Lipinski definition) is 1. The van der Waals surface area contributed by atoms with E-state index in [9.17, 15) is 14.4 Å².